The number of aryl methyl sites for hydroxylation is 2. The fourth-order valence-corrected chi connectivity index (χ4v) is 3.39. The van der Waals surface area contributed by atoms with Gasteiger partial charge in [0.15, 0.2) is 0 Å². The minimum atomic E-state index is -0.0903. The first-order valence-electron chi connectivity index (χ1n) is 9.18. The van der Waals surface area contributed by atoms with E-state index >= 15 is 0 Å². The van der Waals surface area contributed by atoms with Gasteiger partial charge in [-0.1, -0.05) is 12.1 Å². The molecule has 0 saturated carbocycles. The third kappa shape index (κ3) is 3.00. The number of aromatic nitrogens is 9. The van der Waals surface area contributed by atoms with Gasteiger partial charge in [0.05, 0.1) is 18.1 Å². The highest BCUT2D eigenvalue weighted by Gasteiger charge is 2.16. The van der Waals surface area contributed by atoms with Crippen LogP contribution < -0.4 is 5.56 Å². The lowest BCUT2D eigenvalue weighted by Gasteiger charge is -2.09. The lowest BCUT2D eigenvalue weighted by molar-refractivity contribution is 0.768. The minimum absolute atomic E-state index is 0.0903. The van der Waals surface area contributed by atoms with Crippen molar-refractivity contribution < 1.29 is 0 Å². The van der Waals surface area contributed by atoms with Crippen molar-refractivity contribution in [3.8, 4) is 39.3 Å². The minimum Gasteiger partial charge on any atom is -0.318 e. The van der Waals surface area contributed by atoms with Crippen molar-refractivity contribution in [1.29, 1.82) is 0 Å². The van der Waals surface area contributed by atoms with Crippen LogP contribution in [0.15, 0.2) is 66.1 Å². The number of para-hydroxylation sites is 1. The Morgan fingerprint density at radius 3 is 2.47 bits per heavy atom. The van der Waals surface area contributed by atoms with Gasteiger partial charge < -0.3 is 4.57 Å². The summed E-state index contributed by atoms with van der Waals surface area (Å²) in [5.41, 5.74) is 4.95. The standard InChI is InChI=1S/C20H17N9O/c1-27-12-17(16(7-19(27)30)13-8-21-28(2)10-13)14-9-22-29(11-14)18-6-4-3-5-15(18)20-23-25-26-24-20/h3-12H,1-2H3,(H,23,24,25,26). The number of pyridine rings is 1. The Bertz CT molecular complexity index is 1390. The Morgan fingerprint density at radius 2 is 1.70 bits per heavy atom. The van der Waals surface area contributed by atoms with E-state index in [1.807, 2.05) is 49.9 Å². The molecule has 0 aliphatic heterocycles. The average Bonchev–Trinajstić information content (AvgIpc) is 3.51. The van der Waals surface area contributed by atoms with E-state index in [9.17, 15) is 4.79 Å². The average molecular weight is 399 g/mol. The maximum Gasteiger partial charge on any atom is 0.250 e. The number of hydrogen-bond donors (Lipinski definition) is 1. The molecule has 30 heavy (non-hydrogen) atoms. The molecule has 0 aliphatic carbocycles. The molecule has 0 atom stereocenters. The second-order valence-corrected chi connectivity index (χ2v) is 6.88. The predicted molar refractivity (Wildman–Crippen MR) is 110 cm³/mol. The molecule has 10 nitrogen and oxygen atoms in total. The fourth-order valence-electron chi connectivity index (χ4n) is 3.39. The third-order valence-corrected chi connectivity index (χ3v) is 4.87. The van der Waals surface area contributed by atoms with E-state index in [4.69, 9.17) is 0 Å². The normalized spacial score (nSPS) is 11.1. The summed E-state index contributed by atoms with van der Waals surface area (Å²) in [5.74, 6) is 0.487. The maximum absolute atomic E-state index is 12.3. The second kappa shape index (κ2) is 6.92. The number of tetrazole rings is 1. The molecule has 4 aromatic heterocycles. The zero-order valence-corrected chi connectivity index (χ0v) is 16.3. The van der Waals surface area contributed by atoms with Crippen LogP contribution >= 0.6 is 0 Å². The number of nitrogens with one attached hydrogen (secondary N) is 1. The van der Waals surface area contributed by atoms with Crippen LogP contribution in [0.4, 0.5) is 0 Å². The van der Waals surface area contributed by atoms with Crippen LogP contribution in [0.2, 0.25) is 0 Å². The van der Waals surface area contributed by atoms with Crippen LogP contribution in [-0.4, -0.2) is 44.8 Å². The smallest absolute Gasteiger partial charge is 0.250 e. The summed E-state index contributed by atoms with van der Waals surface area (Å²) in [6.07, 6.45) is 9.13. The summed E-state index contributed by atoms with van der Waals surface area (Å²) in [7, 11) is 3.58. The van der Waals surface area contributed by atoms with Crippen LogP contribution in [0.3, 0.4) is 0 Å². The number of H-pyrrole nitrogens is 1. The van der Waals surface area contributed by atoms with Gasteiger partial charge in [-0.05, 0) is 22.9 Å². The first kappa shape index (κ1) is 17.7. The van der Waals surface area contributed by atoms with Crippen molar-refractivity contribution in [2.75, 3.05) is 0 Å². The largest absolute Gasteiger partial charge is 0.318 e. The quantitative estimate of drug-likeness (QED) is 0.493. The molecule has 0 saturated heterocycles. The Kier molecular flexibility index (Phi) is 4.09. The number of nitrogens with zero attached hydrogens (tertiary/aromatic N) is 8. The lowest BCUT2D eigenvalue weighted by Crippen LogP contribution is -2.15. The molecule has 4 heterocycles. The van der Waals surface area contributed by atoms with E-state index < -0.39 is 0 Å². The number of benzene rings is 1. The van der Waals surface area contributed by atoms with Gasteiger partial charge in [0.2, 0.25) is 5.82 Å². The van der Waals surface area contributed by atoms with Crippen molar-refractivity contribution in [3.05, 3.63) is 71.7 Å². The molecular weight excluding hydrogens is 382 g/mol. The first-order chi connectivity index (χ1) is 14.6. The van der Waals surface area contributed by atoms with Gasteiger partial charge in [0.1, 0.15) is 0 Å². The van der Waals surface area contributed by atoms with E-state index in [1.54, 1.807) is 39.4 Å². The molecule has 0 spiro atoms. The van der Waals surface area contributed by atoms with Gasteiger partial charge in [-0.15, -0.1) is 10.2 Å². The molecule has 5 rings (SSSR count). The lowest BCUT2D eigenvalue weighted by atomic mass is 10.0. The van der Waals surface area contributed by atoms with Crippen molar-refractivity contribution in [2.24, 2.45) is 14.1 Å². The fraction of sp³-hybridized carbons (Fsp3) is 0.100. The van der Waals surface area contributed by atoms with Crippen molar-refractivity contribution in [2.45, 2.75) is 0 Å². The van der Waals surface area contributed by atoms with Gasteiger partial charge >= 0.3 is 0 Å². The summed E-state index contributed by atoms with van der Waals surface area (Å²) in [6, 6.07) is 9.30. The first-order valence-corrected chi connectivity index (χ1v) is 9.18. The molecule has 148 valence electrons. The SMILES string of the molecule is Cn1cc(-c2cc(=O)n(C)cc2-c2cnn(-c3ccccc3-c3nn[nH]n3)c2)cn1. The van der Waals surface area contributed by atoms with Crippen LogP contribution in [-0.2, 0) is 14.1 Å². The van der Waals surface area contributed by atoms with Crippen molar-refractivity contribution in [1.82, 2.24) is 44.8 Å². The molecule has 0 aliphatic rings. The number of aromatic amines is 1. The third-order valence-electron chi connectivity index (χ3n) is 4.87. The summed E-state index contributed by atoms with van der Waals surface area (Å²) in [5, 5.41) is 23.1. The number of rotatable bonds is 4. The summed E-state index contributed by atoms with van der Waals surface area (Å²) < 4.78 is 5.03. The number of hydrogen-bond acceptors (Lipinski definition) is 6. The van der Waals surface area contributed by atoms with E-state index in [0.717, 1.165) is 33.5 Å². The Labute approximate surface area is 170 Å². The van der Waals surface area contributed by atoms with E-state index in [-0.39, 0.29) is 5.56 Å². The second-order valence-electron chi connectivity index (χ2n) is 6.88. The van der Waals surface area contributed by atoms with Crippen molar-refractivity contribution >= 4 is 0 Å². The van der Waals surface area contributed by atoms with E-state index in [0.29, 0.717) is 5.82 Å². The summed E-state index contributed by atoms with van der Waals surface area (Å²) in [4.78, 5) is 12.3. The Hall–Kier alpha value is -4.34. The monoisotopic (exact) mass is 399 g/mol. The van der Waals surface area contributed by atoms with Crippen molar-refractivity contribution in [3.63, 3.8) is 0 Å². The topological polar surface area (TPSA) is 112 Å². The van der Waals surface area contributed by atoms with E-state index in [1.165, 1.54) is 0 Å². The van der Waals surface area contributed by atoms with Crippen LogP contribution in [0.25, 0.3) is 39.3 Å². The molecule has 0 fully saturated rings. The maximum atomic E-state index is 12.3. The summed E-state index contributed by atoms with van der Waals surface area (Å²) >= 11 is 0. The van der Waals surface area contributed by atoms with Gasteiger partial charge in [0.25, 0.3) is 5.56 Å². The van der Waals surface area contributed by atoms with Crippen LogP contribution in [0.1, 0.15) is 0 Å². The molecule has 5 aromatic rings. The molecule has 0 bridgehead atoms. The molecule has 0 radical (unpaired) electrons. The molecule has 1 aromatic carbocycles. The molecule has 1 N–H and O–H groups in total. The molecule has 10 heteroatoms. The highest BCUT2D eigenvalue weighted by Crippen LogP contribution is 2.31. The Balaban J connectivity index is 1.65. The van der Waals surface area contributed by atoms with Crippen LogP contribution in [0.5, 0.6) is 0 Å². The van der Waals surface area contributed by atoms with Gasteiger partial charge in [0, 0.05) is 61.0 Å². The van der Waals surface area contributed by atoms with Crippen LogP contribution in [0, 0.1) is 0 Å². The summed E-state index contributed by atoms with van der Waals surface area (Å²) in [6.45, 7) is 0. The highest BCUT2D eigenvalue weighted by molar-refractivity contribution is 5.82. The Morgan fingerprint density at radius 1 is 0.900 bits per heavy atom. The van der Waals surface area contributed by atoms with E-state index in [2.05, 4.69) is 30.8 Å². The zero-order chi connectivity index (χ0) is 20.7. The highest BCUT2D eigenvalue weighted by atomic mass is 16.1. The molecular formula is C20H17N9O. The molecule has 0 unspecified atom stereocenters. The molecule has 0 amide bonds. The predicted octanol–water partition coefficient (Wildman–Crippen LogP) is 1.82. The van der Waals surface area contributed by atoms with Gasteiger partial charge in [-0.3, -0.25) is 9.48 Å². The van der Waals surface area contributed by atoms with Gasteiger partial charge in [-0.2, -0.15) is 15.4 Å². The van der Waals surface area contributed by atoms with Gasteiger partial charge in [-0.25, -0.2) is 4.68 Å². The zero-order valence-electron chi connectivity index (χ0n) is 16.3.